The molecule has 2 aromatic rings. The first kappa shape index (κ1) is 12.7. The van der Waals surface area contributed by atoms with Gasteiger partial charge in [-0.25, -0.2) is 0 Å². The van der Waals surface area contributed by atoms with Gasteiger partial charge in [-0.3, -0.25) is 0 Å². The van der Waals surface area contributed by atoms with E-state index in [1.807, 2.05) is 18.2 Å². The van der Waals surface area contributed by atoms with Crippen LogP contribution in [0.1, 0.15) is 18.7 Å². The van der Waals surface area contributed by atoms with E-state index in [0.29, 0.717) is 0 Å². The van der Waals surface area contributed by atoms with Gasteiger partial charge >= 0.3 is 0 Å². The van der Waals surface area contributed by atoms with Crippen LogP contribution in [0.5, 0.6) is 0 Å². The second-order valence-electron chi connectivity index (χ2n) is 4.45. The average Bonchev–Trinajstić information content (AvgIpc) is 2.93. The highest BCUT2D eigenvalue weighted by atomic mass is 16.3. The molecule has 0 aliphatic carbocycles. The van der Waals surface area contributed by atoms with E-state index in [2.05, 4.69) is 48.5 Å². The average molecular weight is 244 g/mol. The molecule has 1 N–H and O–H groups in total. The molecule has 18 heavy (non-hydrogen) atoms. The van der Waals surface area contributed by atoms with Crippen LogP contribution in [0.2, 0.25) is 0 Å². The second kappa shape index (κ2) is 6.26. The number of hydrogen-bond donors (Lipinski definition) is 1. The van der Waals surface area contributed by atoms with Gasteiger partial charge in [0.05, 0.1) is 12.3 Å². The molecule has 0 fully saturated rings. The number of likely N-dealkylation sites (N-methyl/N-ethyl adjacent to an activating group) is 1. The summed E-state index contributed by atoms with van der Waals surface area (Å²) in [5.41, 5.74) is 1.24. The van der Waals surface area contributed by atoms with E-state index in [0.717, 1.165) is 18.8 Å². The van der Waals surface area contributed by atoms with Gasteiger partial charge in [-0.2, -0.15) is 0 Å². The monoisotopic (exact) mass is 244 g/mol. The minimum Gasteiger partial charge on any atom is -0.468 e. The lowest BCUT2D eigenvalue weighted by Crippen LogP contribution is -2.30. The second-order valence-corrected chi connectivity index (χ2v) is 4.45. The minimum absolute atomic E-state index is 0.254. The van der Waals surface area contributed by atoms with Gasteiger partial charge in [0.25, 0.3) is 0 Å². The molecule has 0 spiro atoms. The number of furan rings is 1. The topological polar surface area (TPSA) is 28.4 Å². The van der Waals surface area contributed by atoms with Gasteiger partial charge in [0, 0.05) is 25.8 Å². The van der Waals surface area contributed by atoms with Gasteiger partial charge in [-0.05, 0) is 31.2 Å². The van der Waals surface area contributed by atoms with Crippen molar-refractivity contribution in [2.75, 3.05) is 25.0 Å². The molecule has 0 saturated heterocycles. The highest BCUT2D eigenvalue weighted by Crippen LogP contribution is 2.13. The summed E-state index contributed by atoms with van der Waals surface area (Å²) in [7, 11) is 2.11. The Bertz CT molecular complexity index is 439. The Hall–Kier alpha value is -1.74. The molecule has 1 unspecified atom stereocenters. The van der Waals surface area contributed by atoms with Crippen molar-refractivity contribution >= 4 is 5.69 Å². The minimum atomic E-state index is 0.254. The van der Waals surface area contributed by atoms with E-state index in [1.54, 1.807) is 6.26 Å². The predicted molar refractivity (Wildman–Crippen MR) is 74.8 cm³/mol. The molecule has 1 heterocycles. The number of nitrogens with zero attached hydrogens (tertiary/aromatic N) is 1. The van der Waals surface area contributed by atoms with Crippen LogP contribution in [0.4, 0.5) is 5.69 Å². The largest absolute Gasteiger partial charge is 0.468 e. The maximum Gasteiger partial charge on any atom is 0.120 e. The fraction of sp³-hybridized carbons (Fsp3) is 0.333. The van der Waals surface area contributed by atoms with Crippen molar-refractivity contribution in [2.24, 2.45) is 0 Å². The summed E-state index contributed by atoms with van der Waals surface area (Å²) in [6.07, 6.45) is 1.71. The highest BCUT2D eigenvalue weighted by Gasteiger charge is 2.07. The molecule has 0 saturated carbocycles. The van der Waals surface area contributed by atoms with Gasteiger partial charge in [0.15, 0.2) is 0 Å². The predicted octanol–water partition coefficient (Wildman–Crippen LogP) is 3.07. The molecule has 1 aromatic carbocycles. The Labute approximate surface area is 108 Å². The van der Waals surface area contributed by atoms with E-state index in [4.69, 9.17) is 4.42 Å². The third-order valence-electron chi connectivity index (χ3n) is 3.06. The Morgan fingerprint density at radius 2 is 1.94 bits per heavy atom. The summed E-state index contributed by atoms with van der Waals surface area (Å²) in [5, 5.41) is 3.45. The lowest BCUT2D eigenvalue weighted by Gasteiger charge is -2.20. The number of rotatable bonds is 6. The van der Waals surface area contributed by atoms with Crippen LogP contribution in [0.3, 0.4) is 0 Å². The number of hydrogen-bond acceptors (Lipinski definition) is 3. The zero-order valence-electron chi connectivity index (χ0n) is 11.0. The molecule has 0 bridgehead atoms. The summed E-state index contributed by atoms with van der Waals surface area (Å²) in [4.78, 5) is 2.24. The fourth-order valence-corrected chi connectivity index (χ4v) is 1.90. The van der Waals surface area contributed by atoms with Gasteiger partial charge in [0.1, 0.15) is 5.76 Å². The smallest absolute Gasteiger partial charge is 0.120 e. The third kappa shape index (κ3) is 3.37. The first-order chi connectivity index (χ1) is 8.77. The van der Waals surface area contributed by atoms with E-state index in [-0.39, 0.29) is 6.04 Å². The van der Waals surface area contributed by atoms with Crippen molar-refractivity contribution in [3.63, 3.8) is 0 Å². The standard InChI is InChI=1S/C15H20N2O/c1-13(15-9-6-12-18-15)16-10-11-17(2)14-7-4-3-5-8-14/h3-9,12-13,16H,10-11H2,1-2H3. The van der Waals surface area contributed by atoms with Crippen LogP contribution in [0.25, 0.3) is 0 Å². The Morgan fingerprint density at radius 1 is 1.17 bits per heavy atom. The molecule has 96 valence electrons. The first-order valence-corrected chi connectivity index (χ1v) is 6.30. The fourth-order valence-electron chi connectivity index (χ4n) is 1.90. The summed E-state index contributed by atoms with van der Waals surface area (Å²) in [6, 6.07) is 14.6. The van der Waals surface area contributed by atoms with Crippen LogP contribution in [-0.2, 0) is 0 Å². The molecule has 0 radical (unpaired) electrons. The molecule has 3 nitrogen and oxygen atoms in total. The van der Waals surface area contributed by atoms with E-state index >= 15 is 0 Å². The molecule has 2 rings (SSSR count). The van der Waals surface area contributed by atoms with Crippen LogP contribution >= 0.6 is 0 Å². The quantitative estimate of drug-likeness (QED) is 0.846. The van der Waals surface area contributed by atoms with Gasteiger partial charge in [-0.15, -0.1) is 0 Å². The SMILES string of the molecule is CC(NCCN(C)c1ccccc1)c1ccco1. The zero-order chi connectivity index (χ0) is 12.8. The summed E-state index contributed by atoms with van der Waals surface area (Å²) in [6.45, 7) is 4.00. The molecule has 0 amide bonds. The summed E-state index contributed by atoms with van der Waals surface area (Å²) < 4.78 is 5.36. The molecule has 1 aromatic heterocycles. The molecular weight excluding hydrogens is 224 g/mol. The first-order valence-electron chi connectivity index (χ1n) is 6.30. The van der Waals surface area contributed by atoms with Crippen molar-refractivity contribution < 1.29 is 4.42 Å². The molecule has 3 heteroatoms. The number of para-hydroxylation sites is 1. The van der Waals surface area contributed by atoms with E-state index in [9.17, 15) is 0 Å². The van der Waals surface area contributed by atoms with Crippen LogP contribution in [-0.4, -0.2) is 20.1 Å². The van der Waals surface area contributed by atoms with E-state index in [1.165, 1.54) is 5.69 Å². The molecule has 1 atom stereocenters. The highest BCUT2D eigenvalue weighted by molar-refractivity contribution is 5.44. The van der Waals surface area contributed by atoms with Gasteiger partial charge < -0.3 is 14.6 Å². The maximum absolute atomic E-state index is 5.36. The summed E-state index contributed by atoms with van der Waals surface area (Å²) in [5.74, 6) is 0.984. The van der Waals surface area contributed by atoms with Crippen LogP contribution in [0.15, 0.2) is 53.1 Å². The van der Waals surface area contributed by atoms with Crippen molar-refractivity contribution in [2.45, 2.75) is 13.0 Å². The van der Waals surface area contributed by atoms with Crippen molar-refractivity contribution in [1.82, 2.24) is 5.32 Å². The lowest BCUT2D eigenvalue weighted by molar-refractivity contribution is 0.433. The van der Waals surface area contributed by atoms with Crippen molar-refractivity contribution in [3.05, 3.63) is 54.5 Å². The summed E-state index contributed by atoms with van der Waals surface area (Å²) >= 11 is 0. The molecular formula is C15H20N2O. The van der Waals surface area contributed by atoms with Crippen LogP contribution < -0.4 is 10.2 Å². The normalized spacial score (nSPS) is 12.3. The number of anilines is 1. The number of nitrogens with one attached hydrogen (secondary N) is 1. The lowest BCUT2D eigenvalue weighted by atomic mass is 10.2. The van der Waals surface area contributed by atoms with E-state index < -0.39 is 0 Å². The molecule has 0 aliphatic heterocycles. The zero-order valence-corrected chi connectivity index (χ0v) is 11.0. The van der Waals surface area contributed by atoms with Crippen LogP contribution in [0, 0.1) is 0 Å². The van der Waals surface area contributed by atoms with Crippen molar-refractivity contribution in [1.29, 1.82) is 0 Å². The Morgan fingerprint density at radius 3 is 2.61 bits per heavy atom. The van der Waals surface area contributed by atoms with Gasteiger partial charge in [-0.1, -0.05) is 18.2 Å². The molecule has 0 aliphatic rings. The number of benzene rings is 1. The Kier molecular flexibility index (Phi) is 4.42. The van der Waals surface area contributed by atoms with Crippen molar-refractivity contribution in [3.8, 4) is 0 Å². The van der Waals surface area contributed by atoms with Gasteiger partial charge in [0.2, 0.25) is 0 Å². The third-order valence-corrected chi connectivity index (χ3v) is 3.06. The maximum atomic E-state index is 5.36. The Balaban J connectivity index is 1.76.